The fraction of sp³-hybridized carbons (Fsp3) is 0.542. The summed E-state index contributed by atoms with van der Waals surface area (Å²) < 4.78 is 1.66. The van der Waals surface area contributed by atoms with E-state index in [-0.39, 0.29) is 5.92 Å². The summed E-state index contributed by atoms with van der Waals surface area (Å²) in [5.74, 6) is 0.457. The molecule has 0 aromatic carbocycles. The highest BCUT2D eigenvalue weighted by molar-refractivity contribution is 5.85. The fourth-order valence-electron chi connectivity index (χ4n) is 5.03. The van der Waals surface area contributed by atoms with Crippen molar-refractivity contribution in [2.75, 3.05) is 33.2 Å². The van der Waals surface area contributed by atoms with Crippen LogP contribution < -0.4 is 0 Å². The number of pyridine rings is 2. The summed E-state index contributed by atoms with van der Waals surface area (Å²) in [4.78, 5) is 27.3. The smallest absolute Gasteiger partial charge is 0.142 e. The highest BCUT2D eigenvalue weighted by Crippen LogP contribution is 2.25. The van der Waals surface area contributed by atoms with E-state index in [9.17, 15) is 4.79 Å². The predicted molar refractivity (Wildman–Crippen MR) is 123 cm³/mol. The van der Waals surface area contributed by atoms with E-state index in [1.807, 2.05) is 37.6 Å². The Hall–Kier alpha value is -2.71. The van der Waals surface area contributed by atoms with Crippen LogP contribution in [0.5, 0.6) is 0 Å². The van der Waals surface area contributed by atoms with E-state index in [1.54, 1.807) is 4.68 Å². The highest BCUT2D eigenvalue weighted by atomic mass is 16.1. The number of nitrogens with zero attached hydrogens (tertiary/aromatic N) is 7. The maximum atomic E-state index is 13.0. The minimum absolute atomic E-state index is 0.147. The van der Waals surface area contributed by atoms with Gasteiger partial charge in [-0.1, -0.05) is 5.21 Å². The van der Waals surface area contributed by atoms with Crippen molar-refractivity contribution in [2.45, 2.75) is 38.1 Å². The number of carbonyl (C=O) groups is 1. The summed E-state index contributed by atoms with van der Waals surface area (Å²) in [6.07, 6.45) is 8.47. The lowest BCUT2D eigenvalue weighted by molar-refractivity contribution is -0.124. The Morgan fingerprint density at radius 1 is 1.03 bits per heavy atom. The van der Waals surface area contributed by atoms with Gasteiger partial charge >= 0.3 is 0 Å². The molecule has 0 radical (unpaired) electrons. The molecule has 3 aromatic rings. The number of fused-ring (bicyclic) bond motifs is 1. The molecule has 0 N–H and O–H groups in total. The van der Waals surface area contributed by atoms with Crippen molar-refractivity contribution in [3.8, 4) is 11.4 Å². The molecule has 2 fully saturated rings. The van der Waals surface area contributed by atoms with Gasteiger partial charge in [0.25, 0.3) is 0 Å². The fourth-order valence-corrected chi connectivity index (χ4v) is 5.03. The Bertz CT molecular complexity index is 1090. The van der Waals surface area contributed by atoms with E-state index in [4.69, 9.17) is 4.98 Å². The molecule has 8 nitrogen and oxygen atoms in total. The number of likely N-dealkylation sites (tertiary alicyclic amines) is 2. The van der Waals surface area contributed by atoms with Crippen LogP contribution in [0.1, 0.15) is 31.4 Å². The third kappa shape index (κ3) is 4.56. The normalized spacial score (nSPS) is 19.6. The number of hydrogen-bond acceptors (Lipinski definition) is 7. The molecule has 0 bridgehead atoms. The van der Waals surface area contributed by atoms with Crippen molar-refractivity contribution in [1.29, 1.82) is 0 Å². The summed E-state index contributed by atoms with van der Waals surface area (Å²) >= 11 is 0. The summed E-state index contributed by atoms with van der Waals surface area (Å²) in [5.41, 5.74) is 3.14. The monoisotopic (exact) mass is 433 g/mol. The number of aryl methyl sites for hydroxylation is 1. The van der Waals surface area contributed by atoms with Gasteiger partial charge in [-0.3, -0.25) is 14.5 Å². The molecule has 2 saturated heterocycles. The van der Waals surface area contributed by atoms with Crippen LogP contribution in [-0.4, -0.2) is 79.8 Å². The van der Waals surface area contributed by atoms with E-state index >= 15 is 0 Å². The van der Waals surface area contributed by atoms with Crippen LogP contribution in [0.3, 0.4) is 0 Å². The summed E-state index contributed by atoms with van der Waals surface area (Å²) in [6, 6.07) is 6.56. The van der Waals surface area contributed by atoms with E-state index in [0.717, 1.165) is 53.9 Å². The average Bonchev–Trinajstić information content (AvgIpc) is 3.25. The molecule has 0 saturated carbocycles. The predicted octanol–water partition coefficient (Wildman–Crippen LogP) is 2.34. The van der Waals surface area contributed by atoms with Gasteiger partial charge in [0, 0.05) is 42.7 Å². The number of aromatic nitrogens is 5. The Kier molecular flexibility index (Phi) is 5.97. The molecule has 3 aromatic heterocycles. The zero-order valence-electron chi connectivity index (χ0n) is 18.9. The van der Waals surface area contributed by atoms with Crippen molar-refractivity contribution in [3.05, 3.63) is 36.3 Å². The van der Waals surface area contributed by atoms with Gasteiger partial charge in [0.05, 0.1) is 17.4 Å². The van der Waals surface area contributed by atoms with E-state index in [1.165, 1.54) is 25.9 Å². The molecular weight excluding hydrogens is 402 g/mol. The van der Waals surface area contributed by atoms with Gasteiger partial charge in [-0.25, -0.2) is 4.98 Å². The van der Waals surface area contributed by atoms with Gasteiger partial charge in [0.2, 0.25) is 0 Å². The van der Waals surface area contributed by atoms with Crippen molar-refractivity contribution < 1.29 is 4.79 Å². The topological polar surface area (TPSA) is 80.0 Å². The van der Waals surface area contributed by atoms with E-state index in [0.29, 0.717) is 18.2 Å². The summed E-state index contributed by atoms with van der Waals surface area (Å²) in [5, 5.41) is 9.09. The second kappa shape index (κ2) is 9.03. The molecule has 2 aliphatic rings. The quantitative estimate of drug-likeness (QED) is 0.611. The van der Waals surface area contributed by atoms with Crippen LogP contribution in [0.15, 0.2) is 30.6 Å². The Labute approximate surface area is 188 Å². The van der Waals surface area contributed by atoms with Gasteiger partial charge in [-0.15, -0.1) is 5.10 Å². The minimum atomic E-state index is 0.147. The summed E-state index contributed by atoms with van der Waals surface area (Å²) in [6.45, 7) is 4.45. The molecule has 2 aliphatic heterocycles. The van der Waals surface area contributed by atoms with E-state index in [2.05, 4.69) is 32.1 Å². The number of hydrogen-bond donors (Lipinski definition) is 0. The van der Waals surface area contributed by atoms with Gasteiger partial charge in [-0.2, -0.15) is 0 Å². The molecule has 8 heteroatoms. The lowest BCUT2D eigenvalue weighted by atomic mass is 9.88. The number of carbonyl (C=O) groups excluding carboxylic acids is 1. The van der Waals surface area contributed by atoms with Gasteiger partial charge in [0.1, 0.15) is 11.5 Å². The molecule has 5 heterocycles. The zero-order valence-corrected chi connectivity index (χ0v) is 18.9. The van der Waals surface area contributed by atoms with Crippen molar-refractivity contribution >= 4 is 16.7 Å². The Balaban J connectivity index is 1.22. The number of piperidine rings is 2. The lowest BCUT2D eigenvalue weighted by Gasteiger charge is -2.40. The van der Waals surface area contributed by atoms with Crippen LogP contribution >= 0.6 is 0 Å². The molecule has 0 amide bonds. The van der Waals surface area contributed by atoms with Crippen LogP contribution in [0.2, 0.25) is 0 Å². The van der Waals surface area contributed by atoms with Crippen LogP contribution in [0.25, 0.3) is 22.3 Å². The highest BCUT2D eigenvalue weighted by Gasteiger charge is 2.30. The number of Topliss-reactive ketones (excluding diaryl/α,β-unsaturated/α-hetero) is 1. The molecule has 5 rings (SSSR count). The first kappa shape index (κ1) is 21.2. The molecule has 32 heavy (non-hydrogen) atoms. The number of rotatable bonds is 5. The molecule has 0 atom stereocenters. The summed E-state index contributed by atoms with van der Waals surface area (Å²) in [7, 11) is 4.04. The van der Waals surface area contributed by atoms with Crippen molar-refractivity contribution in [3.63, 3.8) is 0 Å². The number of ketones is 1. The average molecular weight is 434 g/mol. The lowest BCUT2D eigenvalue weighted by Crippen LogP contribution is -2.47. The Morgan fingerprint density at radius 2 is 1.81 bits per heavy atom. The van der Waals surface area contributed by atoms with Crippen LogP contribution in [0, 0.1) is 5.92 Å². The maximum absolute atomic E-state index is 13.0. The van der Waals surface area contributed by atoms with Crippen molar-refractivity contribution in [2.24, 2.45) is 13.0 Å². The maximum Gasteiger partial charge on any atom is 0.142 e. The van der Waals surface area contributed by atoms with Gasteiger partial charge < -0.3 is 9.80 Å². The molecular formula is C24H31N7O. The molecule has 0 unspecified atom stereocenters. The van der Waals surface area contributed by atoms with E-state index < -0.39 is 0 Å². The second-order valence-corrected chi connectivity index (χ2v) is 9.33. The third-order valence-corrected chi connectivity index (χ3v) is 7.04. The minimum Gasteiger partial charge on any atom is -0.306 e. The van der Waals surface area contributed by atoms with Gasteiger partial charge in [-0.05, 0) is 77.1 Å². The first-order valence-electron chi connectivity index (χ1n) is 11.6. The largest absolute Gasteiger partial charge is 0.306 e. The second-order valence-electron chi connectivity index (χ2n) is 9.33. The standard InChI is InChI=1S/C24H31N7O/c1-29-9-7-20(8-10-29)31-11-5-17(6-12-31)24(32)14-19-13-22-18(15-25-19)3-4-21(26-22)23-16-30(2)28-27-23/h3-4,13,15-17,20H,5-12,14H2,1-2H3. The van der Waals surface area contributed by atoms with Gasteiger partial charge in [0.15, 0.2) is 0 Å². The molecule has 0 aliphatic carbocycles. The van der Waals surface area contributed by atoms with Crippen molar-refractivity contribution in [1.82, 2.24) is 34.8 Å². The first-order valence-corrected chi connectivity index (χ1v) is 11.6. The van der Waals surface area contributed by atoms with Crippen LogP contribution in [-0.2, 0) is 18.3 Å². The SMILES string of the molecule is CN1CCC(N2CCC(C(=O)Cc3cc4nc(-c5cn(C)nn5)ccc4cn3)CC2)CC1. The third-order valence-electron chi connectivity index (χ3n) is 7.04. The first-order chi connectivity index (χ1) is 15.5. The molecule has 168 valence electrons. The van der Waals surface area contributed by atoms with Crippen LogP contribution in [0.4, 0.5) is 0 Å². The molecule has 0 spiro atoms. The Morgan fingerprint density at radius 3 is 2.53 bits per heavy atom. The zero-order chi connectivity index (χ0) is 22.1.